The number of ether oxygens (including phenoxy) is 1. The Hall–Kier alpha value is -3.44. The third kappa shape index (κ3) is 5.62. The first-order valence-electron chi connectivity index (χ1n) is 10.6. The number of aromatic hydroxyl groups is 1. The molecule has 32 heavy (non-hydrogen) atoms. The van der Waals surface area contributed by atoms with Gasteiger partial charge in [0.2, 0.25) is 5.75 Å². The highest BCUT2D eigenvalue weighted by molar-refractivity contribution is 5.44. The number of rotatable bonds is 6. The molecule has 0 saturated carbocycles. The first kappa shape index (κ1) is 21.8. The summed E-state index contributed by atoms with van der Waals surface area (Å²) in [6.45, 7) is 2.46. The lowest BCUT2D eigenvalue weighted by Crippen LogP contribution is -2.28. The van der Waals surface area contributed by atoms with E-state index in [9.17, 15) is 9.90 Å². The van der Waals surface area contributed by atoms with Crippen molar-refractivity contribution < 1.29 is 9.84 Å². The molecule has 4 rings (SSSR count). The van der Waals surface area contributed by atoms with Crippen molar-refractivity contribution >= 4 is 0 Å². The van der Waals surface area contributed by atoms with Crippen molar-refractivity contribution in [2.75, 3.05) is 13.2 Å². The zero-order valence-electron chi connectivity index (χ0n) is 17.7. The summed E-state index contributed by atoms with van der Waals surface area (Å²) in [5.41, 5.74) is 9.87. The Morgan fingerprint density at radius 2 is 1.84 bits per heavy atom. The van der Waals surface area contributed by atoms with Crippen LogP contribution in [0.5, 0.6) is 5.75 Å². The minimum Gasteiger partial charge on any atom is -0.502 e. The summed E-state index contributed by atoms with van der Waals surface area (Å²) < 4.78 is 5.38. The highest BCUT2D eigenvalue weighted by atomic mass is 16.5. The number of aromatic amines is 1. The molecule has 0 bridgehead atoms. The molecule has 2 atom stereocenters. The van der Waals surface area contributed by atoms with Crippen molar-refractivity contribution in [3.63, 3.8) is 0 Å². The van der Waals surface area contributed by atoms with Gasteiger partial charge in [-0.2, -0.15) is 0 Å². The third-order valence-electron chi connectivity index (χ3n) is 5.49. The molecule has 1 aliphatic rings. The number of hydrogen-bond donors (Lipinski definition) is 4. The average molecular weight is 431 g/mol. The van der Waals surface area contributed by atoms with Crippen molar-refractivity contribution in [1.29, 1.82) is 0 Å². The van der Waals surface area contributed by atoms with Gasteiger partial charge in [-0.15, -0.1) is 0 Å². The van der Waals surface area contributed by atoms with Gasteiger partial charge < -0.3 is 25.9 Å². The van der Waals surface area contributed by atoms with Crippen LogP contribution in [0.3, 0.4) is 0 Å². The Kier molecular flexibility index (Phi) is 6.97. The SMILES string of the molecule is NC(Cc1nc[nH]c(=O)c1O)c1ccc(C#Cc2ccc(CN[C@@H]3CCOC3)cc2)cc1. The van der Waals surface area contributed by atoms with Gasteiger partial charge in [-0.05, 0) is 41.8 Å². The van der Waals surface area contributed by atoms with E-state index in [2.05, 4.69) is 39.3 Å². The summed E-state index contributed by atoms with van der Waals surface area (Å²) in [5, 5.41) is 13.3. The fourth-order valence-electron chi connectivity index (χ4n) is 3.53. The fraction of sp³-hybridized carbons (Fsp3) is 0.280. The molecule has 0 aliphatic carbocycles. The summed E-state index contributed by atoms with van der Waals surface area (Å²) in [7, 11) is 0. The minimum atomic E-state index is -0.569. The molecule has 7 nitrogen and oxygen atoms in total. The van der Waals surface area contributed by atoms with E-state index in [0.29, 0.717) is 6.04 Å². The fourth-order valence-corrected chi connectivity index (χ4v) is 3.53. The Balaban J connectivity index is 1.34. The largest absolute Gasteiger partial charge is 0.502 e. The third-order valence-corrected chi connectivity index (χ3v) is 5.49. The van der Waals surface area contributed by atoms with Crippen LogP contribution in [-0.2, 0) is 17.7 Å². The van der Waals surface area contributed by atoms with Gasteiger partial charge in [-0.1, -0.05) is 36.1 Å². The van der Waals surface area contributed by atoms with Gasteiger partial charge in [-0.25, -0.2) is 4.98 Å². The van der Waals surface area contributed by atoms with Crippen molar-refractivity contribution in [3.05, 3.63) is 93.2 Å². The quantitative estimate of drug-likeness (QED) is 0.445. The molecule has 5 N–H and O–H groups in total. The topological polar surface area (TPSA) is 113 Å². The van der Waals surface area contributed by atoms with E-state index >= 15 is 0 Å². The highest BCUT2D eigenvalue weighted by Crippen LogP contribution is 2.18. The van der Waals surface area contributed by atoms with Crippen molar-refractivity contribution in [3.8, 4) is 17.6 Å². The van der Waals surface area contributed by atoms with E-state index in [-0.39, 0.29) is 17.9 Å². The van der Waals surface area contributed by atoms with E-state index in [1.165, 1.54) is 11.9 Å². The van der Waals surface area contributed by atoms with E-state index in [4.69, 9.17) is 10.5 Å². The van der Waals surface area contributed by atoms with Crippen LogP contribution in [0.1, 0.15) is 40.4 Å². The highest BCUT2D eigenvalue weighted by Gasteiger charge is 2.14. The summed E-state index contributed by atoms with van der Waals surface area (Å²) in [6, 6.07) is 15.9. The number of hydrogen-bond acceptors (Lipinski definition) is 6. The maximum atomic E-state index is 11.5. The number of aromatic nitrogens is 2. The van der Waals surface area contributed by atoms with Crippen molar-refractivity contribution in [2.24, 2.45) is 5.73 Å². The molecule has 7 heteroatoms. The van der Waals surface area contributed by atoms with Gasteiger partial charge in [0, 0.05) is 42.8 Å². The van der Waals surface area contributed by atoms with E-state index in [1.807, 2.05) is 36.4 Å². The predicted molar refractivity (Wildman–Crippen MR) is 122 cm³/mol. The van der Waals surface area contributed by atoms with Gasteiger partial charge in [0.15, 0.2) is 0 Å². The summed E-state index contributed by atoms with van der Waals surface area (Å²) in [6.07, 6.45) is 2.59. The molecule has 2 aromatic carbocycles. The Morgan fingerprint density at radius 1 is 1.16 bits per heavy atom. The summed E-state index contributed by atoms with van der Waals surface area (Å²) in [5.74, 6) is 5.96. The van der Waals surface area contributed by atoms with Crippen LogP contribution in [0.2, 0.25) is 0 Å². The van der Waals surface area contributed by atoms with Crippen LogP contribution in [0, 0.1) is 11.8 Å². The van der Waals surface area contributed by atoms with E-state index in [0.717, 1.165) is 42.9 Å². The monoisotopic (exact) mass is 430 g/mol. The second-order valence-electron chi connectivity index (χ2n) is 7.85. The number of benzene rings is 2. The molecule has 1 aliphatic heterocycles. The molecule has 1 fully saturated rings. The van der Waals surface area contributed by atoms with Crippen LogP contribution in [0.25, 0.3) is 0 Å². The van der Waals surface area contributed by atoms with E-state index in [1.54, 1.807) is 0 Å². The maximum absolute atomic E-state index is 11.5. The zero-order chi connectivity index (χ0) is 22.3. The van der Waals surface area contributed by atoms with Crippen molar-refractivity contribution in [2.45, 2.75) is 31.5 Å². The van der Waals surface area contributed by atoms with Gasteiger partial charge in [0.05, 0.1) is 18.6 Å². The molecule has 1 saturated heterocycles. The maximum Gasteiger partial charge on any atom is 0.293 e. The first-order chi connectivity index (χ1) is 15.6. The molecule has 0 spiro atoms. The Morgan fingerprint density at radius 3 is 2.50 bits per heavy atom. The standard InChI is InChI=1S/C25H26N4O3/c26-22(13-23-24(30)25(31)29-16-28-23)20-9-7-18(8-10-20)2-1-17-3-5-19(6-4-17)14-27-21-11-12-32-15-21/h3-10,16,21-22,27,30H,11-15,26H2,(H,28,29,31)/t21-,22?/m1/s1. The van der Waals surface area contributed by atoms with Crippen LogP contribution < -0.4 is 16.6 Å². The molecule has 1 unspecified atom stereocenters. The van der Waals surface area contributed by atoms with Crippen LogP contribution in [0.15, 0.2) is 59.7 Å². The molecule has 1 aromatic heterocycles. The summed E-state index contributed by atoms with van der Waals surface area (Å²) in [4.78, 5) is 17.8. The van der Waals surface area contributed by atoms with Crippen molar-refractivity contribution in [1.82, 2.24) is 15.3 Å². The molecule has 2 heterocycles. The number of H-pyrrole nitrogens is 1. The van der Waals surface area contributed by atoms with Gasteiger partial charge in [0.1, 0.15) is 0 Å². The van der Waals surface area contributed by atoms with Crippen LogP contribution >= 0.6 is 0 Å². The van der Waals surface area contributed by atoms with Crippen LogP contribution in [0.4, 0.5) is 0 Å². The molecule has 0 amide bonds. The molecule has 164 valence electrons. The van der Waals surface area contributed by atoms with Gasteiger partial charge in [-0.3, -0.25) is 4.79 Å². The second-order valence-corrected chi connectivity index (χ2v) is 7.85. The Bertz CT molecular complexity index is 1150. The zero-order valence-corrected chi connectivity index (χ0v) is 17.7. The van der Waals surface area contributed by atoms with Gasteiger partial charge >= 0.3 is 0 Å². The minimum absolute atomic E-state index is 0.260. The van der Waals surface area contributed by atoms with Crippen LogP contribution in [-0.4, -0.2) is 34.3 Å². The number of nitrogens with one attached hydrogen (secondary N) is 2. The molecule has 0 radical (unpaired) electrons. The lowest BCUT2D eigenvalue weighted by molar-refractivity contribution is 0.190. The number of nitrogens with two attached hydrogens (primary N) is 1. The summed E-state index contributed by atoms with van der Waals surface area (Å²) >= 11 is 0. The van der Waals surface area contributed by atoms with Gasteiger partial charge in [0.25, 0.3) is 5.56 Å². The Labute approximate surface area is 186 Å². The first-order valence-corrected chi connectivity index (χ1v) is 10.6. The smallest absolute Gasteiger partial charge is 0.293 e. The second kappa shape index (κ2) is 10.2. The molecule has 3 aromatic rings. The normalized spacial score (nSPS) is 16.3. The molecular formula is C25H26N4O3. The predicted octanol–water partition coefficient (Wildman–Crippen LogP) is 2.00. The lowest BCUT2D eigenvalue weighted by Gasteiger charge is -2.12. The lowest BCUT2D eigenvalue weighted by atomic mass is 10.0. The van der Waals surface area contributed by atoms with E-state index < -0.39 is 11.6 Å². The molecular weight excluding hydrogens is 404 g/mol. The average Bonchev–Trinajstić information content (AvgIpc) is 3.34. The number of nitrogens with zero attached hydrogens (tertiary/aromatic N) is 1.